The second-order valence-corrected chi connectivity index (χ2v) is 7.81. The fourth-order valence-corrected chi connectivity index (χ4v) is 3.97. The van der Waals surface area contributed by atoms with Gasteiger partial charge in [-0.2, -0.15) is 0 Å². The second kappa shape index (κ2) is 7.98. The number of nitrogens with zero attached hydrogens (tertiary/aromatic N) is 2. The summed E-state index contributed by atoms with van der Waals surface area (Å²) in [6, 6.07) is 9.21. The molecular formula is C19H17N3O3S2. The molecule has 0 spiro atoms. The van der Waals surface area contributed by atoms with Gasteiger partial charge >= 0.3 is 0 Å². The van der Waals surface area contributed by atoms with Gasteiger partial charge in [-0.05, 0) is 36.1 Å². The van der Waals surface area contributed by atoms with Crippen LogP contribution >= 0.6 is 23.1 Å². The molecule has 1 aliphatic heterocycles. The molecular weight excluding hydrogens is 382 g/mol. The highest BCUT2D eigenvalue weighted by molar-refractivity contribution is 7.99. The first-order valence-electron chi connectivity index (χ1n) is 8.48. The van der Waals surface area contributed by atoms with E-state index >= 15 is 0 Å². The minimum atomic E-state index is -0.196. The van der Waals surface area contributed by atoms with Crippen molar-refractivity contribution >= 4 is 34.1 Å². The molecule has 0 saturated carbocycles. The Balaban J connectivity index is 1.49. The highest BCUT2D eigenvalue weighted by Gasteiger charge is 2.15. The summed E-state index contributed by atoms with van der Waals surface area (Å²) in [5.74, 6) is 2.17. The lowest BCUT2D eigenvalue weighted by Gasteiger charge is -2.18. The van der Waals surface area contributed by atoms with Crippen LogP contribution in [-0.2, 0) is 0 Å². The van der Waals surface area contributed by atoms with Crippen molar-refractivity contribution in [2.24, 2.45) is 0 Å². The van der Waals surface area contributed by atoms with E-state index in [0.717, 1.165) is 33.5 Å². The van der Waals surface area contributed by atoms with Crippen LogP contribution in [0, 0.1) is 0 Å². The lowest BCUT2D eigenvalue weighted by Crippen LogP contribution is -2.15. The summed E-state index contributed by atoms with van der Waals surface area (Å²) in [4.78, 5) is 21.3. The van der Waals surface area contributed by atoms with E-state index in [1.165, 1.54) is 11.3 Å². The van der Waals surface area contributed by atoms with E-state index in [-0.39, 0.29) is 5.91 Å². The zero-order chi connectivity index (χ0) is 18.6. The number of pyridine rings is 1. The van der Waals surface area contributed by atoms with Crippen LogP contribution in [0.4, 0.5) is 5.13 Å². The number of thioether (sulfide) groups is 1. The number of thiazole rings is 1. The molecule has 3 heterocycles. The predicted octanol–water partition coefficient (Wildman–Crippen LogP) is 4.34. The number of hydrogen-bond acceptors (Lipinski definition) is 7. The largest absolute Gasteiger partial charge is 0.486 e. The number of rotatable bonds is 5. The van der Waals surface area contributed by atoms with Crippen molar-refractivity contribution in [1.29, 1.82) is 0 Å². The van der Waals surface area contributed by atoms with E-state index in [9.17, 15) is 4.79 Å². The Morgan fingerprint density at radius 2 is 2.07 bits per heavy atom. The molecule has 0 unspecified atom stereocenters. The summed E-state index contributed by atoms with van der Waals surface area (Å²) in [7, 11) is 0. The van der Waals surface area contributed by atoms with E-state index in [1.54, 1.807) is 30.1 Å². The zero-order valence-corrected chi connectivity index (χ0v) is 16.2. The van der Waals surface area contributed by atoms with Gasteiger partial charge in [0.05, 0.1) is 10.7 Å². The summed E-state index contributed by atoms with van der Waals surface area (Å²) in [6.07, 6.45) is 1.65. The molecule has 0 atom stereocenters. The van der Waals surface area contributed by atoms with Gasteiger partial charge in [-0.25, -0.2) is 9.97 Å². The van der Waals surface area contributed by atoms with Crippen LogP contribution in [0.5, 0.6) is 11.5 Å². The Morgan fingerprint density at radius 1 is 1.22 bits per heavy atom. The molecule has 0 saturated heterocycles. The van der Waals surface area contributed by atoms with Gasteiger partial charge in [0.2, 0.25) is 0 Å². The van der Waals surface area contributed by atoms with Gasteiger partial charge in [-0.1, -0.05) is 6.92 Å². The fourth-order valence-electron chi connectivity index (χ4n) is 2.61. The van der Waals surface area contributed by atoms with E-state index in [0.29, 0.717) is 23.9 Å². The number of carbonyl (C=O) groups is 1. The van der Waals surface area contributed by atoms with E-state index < -0.39 is 0 Å². The minimum Gasteiger partial charge on any atom is -0.486 e. The van der Waals surface area contributed by atoms with Gasteiger partial charge in [0, 0.05) is 22.7 Å². The maximum absolute atomic E-state index is 12.5. The van der Waals surface area contributed by atoms with Crippen molar-refractivity contribution in [3.63, 3.8) is 0 Å². The molecule has 138 valence electrons. The standard InChI is InChI=1S/C19H17N3O3S2/c1-2-26-17-10-13(5-6-20-17)18(23)22-19-21-14(11-27-19)12-3-4-15-16(9-12)25-8-7-24-15/h3-6,9-11H,2,7-8H2,1H3,(H,21,22,23). The molecule has 3 aromatic rings. The molecule has 1 aromatic carbocycles. The number of fused-ring (bicyclic) bond motifs is 1. The molecule has 1 N–H and O–H groups in total. The van der Waals surface area contributed by atoms with Crippen LogP contribution in [0.1, 0.15) is 17.3 Å². The monoisotopic (exact) mass is 399 g/mol. The van der Waals surface area contributed by atoms with E-state index in [4.69, 9.17) is 9.47 Å². The number of ether oxygens (including phenoxy) is 2. The lowest BCUT2D eigenvalue weighted by atomic mass is 10.1. The minimum absolute atomic E-state index is 0.196. The third-order valence-electron chi connectivity index (χ3n) is 3.85. The molecule has 1 amide bonds. The highest BCUT2D eigenvalue weighted by atomic mass is 32.2. The van der Waals surface area contributed by atoms with Gasteiger partial charge in [-0.3, -0.25) is 10.1 Å². The Labute approximate surface area is 165 Å². The molecule has 27 heavy (non-hydrogen) atoms. The van der Waals surface area contributed by atoms with E-state index in [2.05, 4.69) is 15.3 Å². The summed E-state index contributed by atoms with van der Waals surface area (Å²) in [5.41, 5.74) is 2.27. The quantitative estimate of drug-likeness (QED) is 0.644. The Kier molecular flexibility index (Phi) is 5.26. The maximum Gasteiger partial charge on any atom is 0.257 e. The number of benzene rings is 1. The number of carbonyl (C=O) groups excluding carboxylic acids is 1. The van der Waals surface area contributed by atoms with Gasteiger partial charge in [0.25, 0.3) is 5.91 Å². The van der Waals surface area contributed by atoms with Gasteiger partial charge in [0.15, 0.2) is 16.6 Å². The Hall–Kier alpha value is -2.58. The topological polar surface area (TPSA) is 73.3 Å². The third kappa shape index (κ3) is 4.06. The molecule has 0 aliphatic carbocycles. The first-order valence-corrected chi connectivity index (χ1v) is 10.3. The molecule has 0 radical (unpaired) electrons. The zero-order valence-electron chi connectivity index (χ0n) is 14.6. The van der Waals surface area contributed by atoms with Gasteiger partial charge in [-0.15, -0.1) is 23.1 Å². The first-order chi connectivity index (χ1) is 13.2. The molecule has 6 nitrogen and oxygen atoms in total. The van der Waals surface area contributed by atoms with E-state index in [1.807, 2.05) is 30.5 Å². The van der Waals surface area contributed by atoms with Crippen molar-refractivity contribution in [2.45, 2.75) is 11.9 Å². The summed E-state index contributed by atoms with van der Waals surface area (Å²) >= 11 is 2.98. The normalized spacial score (nSPS) is 12.6. The SMILES string of the molecule is CCSc1cc(C(=O)Nc2nc(-c3ccc4c(c3)OCCO4)cs2)ccn1. The number of amides is 1. The van der Waals surface area contributed by atoms with Crippen molar-refractivity contribution in [1.82, 2.24) is 9.97 Å². The number of anilines is 1. The summed E-state index contributed by atoms with van der Waals surface area (Å²) < 4.78 is 11.2. The fraction of sp³-hybridized carbons (Fsp3) is 0.211. The molecule has 1 aliphatic rings. The number of nitrogens with one attached hydrogen (secondary N) is 1. The maximum atomic E-state index is 12.5. The molecule has 0 fully saturated rings. The first kappa shape index (κ1) is 17.8. The summed E-state index contributed by atoms with van der Waals surface area (Å²) in [5, 5.41) is 6.15. The second-order valence-electron chi connectivity index (χ2n) is 5.67. The van der Waals surface area contributed by atoms with Crippen molar-refractivity contribution < 1.29 is 14.3 Å². The molecule has 2 aromatic heterocycles. The van der Waals surface area contributed by atoms with Crippen LogP contribution in [0.15, 0.2) is 46.9 Å². The predicted molar refractivity (Wildman–Crippen MR) is 107 cm³/mol. The highest BCUT2D eigenvalue weighted by Crippen LogP contribution is 2.35. The van der Waals surface area contributed by atoms with Crippen LogP contribution in [0.3, 0.4) is 0 Å². The Morgan fingerprint density at radius 3 is 2.93 bits per heavy atom. The van der Waals surface area contributed by atoms with Gasteiger partial charge in [0.1, 0.15) is 13.2 Å². The average Bonchev–Trinajstić information content (AvgIpc) is 3.16. The van der Waals surface area contributed by atoms with Crippen LogP contribution in [0.25, 0.3) is 11.3 Å². The third-order valence-corrected chi connectivity index (χ3v) is 5.42. The molecule has 8 heteroatoms. The van der Waals surface area contributed by atoms with Gasteiger partial charge < -0.3 is 9.47 Å². The van der Waals surface area contributed by atoms with Crippen LogP contribution in [-0.4, -0.2) is 34.8 Å². The molecule has 0 bridgehead atoms. The molecule has 4 rings (SSSR count). The average molecular weight is 399 g/mol. The number of hydrogen-bond donors (Lipinski definition) is 1. The summed E-state index contributed by atoms with van der Waals surface area (Å²) in [6.45, 7) is 3.15. The van der Waals surface area contributed by atoms with Crippen molar-refractivity contribution in [3.05, 3.63) is 47.5 Å². The lowest BCUT2D eigenvalue weighted by molar-refractivity contribution is 0.102. The smallest absolute Gasteiger partial charge is 0.257 e. The van der Waals surface area contributed by atoms with Crippen molar-refractivity contribution in [2.75, 3.05) is 24.3 Å². The number of aromatic nitrogens is 2. The Bertz CT molecular complexity index is 974. The van der Waals surface area contributed by atoms with Crippen LogP contribution < -0.4 is 14.8 Å². The van der Waals surface area contributed by atoms with Crippen molar-refractivity contribution in [3.8, 4) is 22.8 Å². The van der Waals surface area contributed by atoms with Crippen LogP contribution in [0.2, 0.25) is 0 Å².